The molecule has 2 fully saturated rings. The van der Waals surface area contributed by atoms with E-state index < -0.39 is 35.8 Å². The van der Waals surface area contributed by atoms with Crippen LogP contribution < -0.4 is 9.64 Å². The highest BCUT2D eigenvalue weighted by Crippen LogP contribution is 2.45. The van der Waals surface area contributed by atoms with Crippen molar-refractivity contribution >= 4 is 11.3 Å². The van der Waals surface area contributed by atoms with E-state index in [4.69, 9.17) is 4.74 Å². The number of alkyl halides is 8. The highest BCUT2D eigenvalue weighted by molar-refractivity contribution is 5.55. The molecule has 5 rings (SSSR count). The van der Waals surface area contributed by atoms with Crippen LogP contribution in [-0.2, 0) is 18.8 Å². The number of piperidine rings is 1. The maximum Gasteiger partial charge on any atom is 0.433 e. The normalized spacial score (nSPS) is 22.6. The van der Waals surface area contributed by atoms with Gasteiger partial charge in [-0.15, -0.1) is 0 Å². The number of anilines is 1. The standard InChI is InChI=1S/C26H27F8N5O/c1-14(24(2,27)28)40-19-6-7-21(26(32,33)34)39-23(19)36-22(37-39)8-5-18-15-3-4-16(18)13-38(12-15)17-9-10-35-20(11-17)25(29,30)31/h6-7,9-11,14-16,18H,3-5,8,12-13H2,1-2H3/t14?,15-,16+,18?. The minimum absolute atomic E-state index is 0.128. The number of fused-ring (bicyclic) bond motifs is 3. The van der Waals surface area contributed by atoms with Crippen LogP contribution >= 0.6 is 0 Å². The Morgan fingerprint density at radius 1 is 0.975 bits per heavy atom. The highest BCUT2D eigenvalue weighted by Gasteiger charge is 2.43. The molecule has 6 nitrogen and oxygen atoms in total. The van der Waals surface area contributed by atoms with Gasteiger partial charge in [0, 0.05) is 38.3 Å². The minimum Gasteiger partial charge on any atom is -0.480 e. The van der Waals surface area contributed by atoms with Gasteiger partial charge in [0.1, 0.15) is 11.4 Å². The van der Waals surface area contributed by atoms with Crippen LogP contribution in [0, 0.1) is 17.8 Å². The molecular formula is C26H27F8N5O. The van der Waals surface area contributed by atoms with Crippen molar-refractivity contribution in [3.8, 4) is 5.75 Å². The lowest BCUT2D eigenvalue weighted by Gasteiger charge is -2.39. The molecule has 1 saturated heterocycles. The fourth-order valence-electron chi connectivity index (χ4n) is 5.77. The van der Waals surface area contributed by atoms with Crippen molar-refractivity contribution in [2.45, 2.75) is 63.9 Å². The van der Waals surface area contributed by atoms with E-state index in [1.807, 2.05) is 4.90 Å². The second-order valence-electron chi connectivity index (χ2n) is 10.7. The van der Waals surface area contributed by atoms with Crippen LogP contribution in [0.25, 0.3) is 5.65 Å². The molecule has 0 N–H and O–H groups in total. The molecule has 1 aliphatic carbocycles. The first-order valence-electron chi connectivity index (χ1n) is 12.9. The van der Waals surface area contributed by atoms with Gasteiger partial charge < -0.3 is 9.64 Å². The summed E-state index contributed by atoms with van der Waals surface area (Å²) in [6.45, 7) is 2.88. The Morgan fingerprint density at radius 2 is 1.65 bits per heavy atom. The van der Waals surface area contributed by atoms with E-state index in [1.165, 1.54) is 0 Å². The zero-order valence-electron chi connectivity index (χ0n) is 21.6. The lowest BCUT2D eigenvalue weighted by atomic mass is 9.81. The first-order valence-corrected chi connectivity index (χ1v) is 12.9. The van der Waals surface area contributed by atoms with Gasteiger partial charge in [-0.1, -0.05) is 0 Å². The van der Waals surface area contributed by atoms with Gasteiger partial charge in [0.2, 0.25) is 0 Å². The fraction of sp³-hybridized carbons (Fsp3) is 0.577. The number of nitrogens with zero attached hydrogens (tertiary/aromatic N) is 5. The molecule has 4 heterocycles. The maximum absolute atomic E-state index is 13.7. The summed E-state index contributed by atoms with van der Waals surface area (Å²) < 4.78 is 114. The molecule has 0 amide bonds. The summed E-state index contributed by atoms with van der Waals surface area (Å²) in [7, 11) is 0. The van der Waals surface area contributed by atoms with E-state index in [1.54, 1.807) is 6.07 Å². The number of hydrogen-bond donors (Lipinski definition) is 0. The second kappa shape index (κ2) is 10.0. The lowest BCUT2D eigenvalue weighted by Crippen LogP contribution is -2.42. The van der Waals surface area contributed by atoms with Crippen LogP contribution in [0.4, 0.5) is 40.8 Å². The Morgan fingerprint density at radius 3 is 2.25 bits per heavy atom. The van der Waals surface area contributed by atoms with Crippen molar-refractivity contribution < 1.29 is 39.9 Å². The molecule has 2 aliphatic rings. The van der Waals surface area contributed by atoms with Gasteiger partial charge in [0.25, 0.3) is 5.92 Å². The largest absolute Gasteiger partial charge is 0.480 e. The van der Waals surface area contributed by atoms with Gasteiger partial charge in [0.05, 0.1) is 0 Å². The summed E-state index contributed by atoms with van der Waals surface area (Å²) in [5.41, 5.74) is -1.89. The van der Waals surface area contributed by atoms with Crippen LogP contribution in [0.1, 0.15) is 50.3 Å². The van der Waals surface area contributed by atoms with Gasteiger partial charge in [-0.05, 0) is 68.2 Å². The lowest BCUT2D eigenvalue weighted by molar-refractivity contribution is -0.143. The number of aryl methyl sites for hydroxylation is 1. The SMILES string of the molecule is CC(Oc1ccc(C(F)(F)F)n2nc(CCC3[C@@H]4CC[C@H]3CN(c3ccnc(C(F)(F)F)c3)C4)nc12)C(C)(F)F. The number of halogens is 8. The highest BCUT2D eigenvalue weighted by atomic mass is 19.4. The summed E-state index contributed by atoms with van der Waals surface area (Å²) in [6.07, 6.45) is -7.15. The molecule has 3 aromatic rings. The first kappa shape index (κ1) is 28.3. The molecule has 2 unspecified atom stereocenters. The molecule has 3 aromatic heterocycles. The zero-order chi connectivity index (χ0) is 29.0. The smallest absolute Gasteiger partial charge is 0.433 e. The van der Waals surface area contributed by atoms with Gasteiger partial charge >= 0.3 is 12.4 Å². The molecule has 1 saturated carbocycles. The number of aromatic nitrogens is 4. The second-order valence-corrected chi connectivity index (χ2v) is 10.7. The Bertz CT molecular complexity index is 1350. The molecular weight excluding hydrogens is 550 g/mol. The number of rotatable bonds is 7. The predicted octanol–water partition coefficient (Wildman–Crippen LogP) is 6.68. The van der Waals surface area contributed by atoms with E-state index in [0.717, 1.165) is 44.2 Å². The molecule has 218 valence electrons. The van der Waals surface area contributed by atoms with Crippen molar-refractivity contribution in [3.63, 3.8) is 0 Å². The maximum atomic E-state index is 13.7. The Kier molecular flexibility index (Phi) is 7.10. The molecule has 4 atom stereocenters. The van der Waals surface area contributed by atoms with Crippen LogP contribution in [0.5, 0.6) is 5.75 Å². The molecule has 0 radical (unpaired) electrons. The topological polar surface area (TPSA) is 55.6 Å². The zero-order valence-corrected chi connectivity index (χ0v) is 21.6. The van der Waals surface area contributed by atoms with Crippen LogP contribution in [0.15, 0.2) is 30.5 Å². The van der Waals surface area contributed by atoms with Gasteiger partial charge in [-0.3, -0.25) is 4.98 Å². The van der Waals surface area contributed by atoms with E-state index in [-0.39, 0.29) is 41.4 Å². The summed E-state index contributed by atoms with van der Waals surface area (Å²) >= 11 is 0. The van der Waals surface area contributed by atoms with Crippen molar-refractivity contribution in [2.75, 3.05) is 18.0 Å². The van der Waals surface area contributed by atoms with Crippen LogP contribution in [0.3, 0.4) is 0 Å². The Balaban J connectivity index is 1.33. The third-order valence-corrected chi connectivity index (χ3v) is 7.93. The number of ether oxygens (including phenoxy) is 1. The van der Waals surface area contributed by atoms with Gasteiger partial charge in [0.15, 0.2) is 23.3 Å². The van der Waals surface area contributed by atoms with Crippen molar-refractivity contribution in [1.29, 1.82) is 0 Å². The molecule has 0 aromatic carbocycles. The summed E-state index contributed by atoms with van der Waals surface area (Å²) in [4.78, 5) is 9.59. The average molecular weight is 578 g/mol. The van der Waals surface area contributed by atoms with Crippen LogP contribution in [-0.4, -0.2) is 44.7 Å². The molecule has 1 aliphatic heterocycles. The molecule has 0 spiro atoms. The minimum atomic E-state index is -4.76. The number of hydrogen-bond acceptors (Lipinski definition) is 5. The van der Waals surface area contributed by atoms with Gasteiger partial charge in [-0.25, -0.2) is 18.3 Å². The summed E-state index contributed by atoms with van der Waals surface area (Å²) in [5.74, 6) is -2.76. The van der Waals surface area contributed by atoms with Gasteiger partial charge in [-0.2, -0.15) is 31.4 Å². The Labute approximate surface area is 224 Å². The van der Waals surface area contributed by atoms with E-state index >= 15 is 0 Å². The molecule has 14 heteroatoms. The molecule has 40 heavy (non-hydrogen) atoms. The fourth-order valence-corrected chi connectivity index (χ4v) is 5.77. The molecule has 2 bridgehead atoms. The first-order chi connectivity index (χ1) is 18.6. The predicted molar refractivity (Wildman–Crippen MR) is 128 cm³/mol. The van der Waals surface area contributed by atoms with Crippen molar-refractivity contribution in [1.82, 2.24) is 19.6 Å². The summed E-state index contributed by atoms with van der Waals surface area (Å²) in [6, 6.07) is 4.30. The summed E-state index contributed by atoms with van der Waals surface area (Å²) in [5, 5.41) is 4.05. The quantitative estimate of drug-likeness (QED) is 0.294. The van der Waals surface area contributed by atoms with E-state index in [2.05, 4.69) is 15.1 Å². The van der Waals surface area contributed by atoms with E-state index in [9.17, 15) is 35.1 Å². The Hall–Kier alpha value is -3.19. The van der Waals surface area contributed by atoms with Crippen molar-refractivity contribution in [2.24, 2.45) is 17.8 Å². The monoisotopic (exact) mass is 577 g/mol. The van der Waals surface area contributed by atoms with Crippen LogP contribution in [0.2, 0.25) is 0 Å². The average Bonchev–Trinajstić information content (AvgIpc) is 3.38. The van der Waals surface area contributed by atoms with Crippen molar-refractivity contribution in [3.05, 3.63) is 47.7 Å². The number of pyridine rings is 2. The third-order valence-electron chi connectivity index (χ3n) is 7.93. The van der Waals surface area contributed by atoms with E-state index in [0.29, 0.717) is 36.6 Å². The third kappa shape index (κ3) is 5.67.